The number of anilines is 1. The molecule has 0 aliphatic carbocycles. The van der Waals surface area contributed by atoms with Gasteiger partial charge >= 0.3 is 0 Å². The summed E-state index contributed by atoms with van der Waals surface area (Å²) in [4.78, 5) is 16.8. The fourth-order valence-corrected chi connectivity index (χ4v) is 1.56. The van der Waals surface area contributed by atoms with Crippen molar-refractivity contribution in [3.8, 4) is 0 Å². The van der Waals surface area contributed by atoms with Gasteiger partial charge in [-0.1, -0.05) is 5.16 Å². The third-order valence-corrected chi connectivity index (χ3v) is 2.72. The first-order valence-corrected chi connectivity index (χ1v) is 6.47. The molecule has 0 aliphatic heterocycles. The minimum absolute atomic E-state index is 0.130. The summed E-state index contributed by atoms with van der Waals surface area (Å²) in [5.74, 6) is -1.35. The van der Waals surface area contributed by atoms with Crippen molar-refractivity contribution in [2.75, 3.05) is 5.32 Å². The molecule has 1 heterocycles. The largest absolute Gasteiger partial charge is 0.460 e. The maximum Gasteiger partial charge on any atom is 0.267 e. The van der Waals surface area contributed by atoms with Crippen molar-refractivity contribution in [3.63, 3.8) is 0 Å². The van der Waals surface area contributed by atoms with E-state index in [4.69, 9.17) is 9.25 Å². The molecule has 0 radical (unpaired) electrons. The second kappa shape index (κ2) is 6.84. The first-order chi connectivity index (χ1) is 10.5. The molecule has 116 valence electrons. The highest BCUT2D eigenvalue weighted by molar-refractivity contribution is 5.93. The molecule has 1 aromatic carbocycles. The zero-order chi connectivity index (χ0) is 16.1. The maximum atomic E-state index is 13.0. The van der Waals surface area contributed by atoms with Gasteiger partial charge in [-0.3, -0.25) is 4.79 Å². The molecular weight excluding hydrogens is 294 g/mol. The molecule has 1 amide bonds. The van der Waals surface area contributed by atoms with E-state index in [1.807, 2.05) is 0 Å². The van der Waals surface area contributed by atoms with Gasteiger partial charge in [0.1, 0.15) is 17.7 Å². The summed E-state index contributed by atoms with van der Waals surface area (Å²) in [6, 6.07) is 6.52. The van der Waals surface area contributed by atoms with Crippen LogP contribution in [0.3, 0.4) is 0 Å². The van der Waals surface area contributed by atoms with E-state index >= 15 is 0 Å². The molecule has 0 fully saturated rings. The number of halogens is 2. The van der Waals surface area contributed by atoms with Crippen LogP contribution in [-0.2, 0) is 9.63 Å². The Balaban J connectivity index is 1.88. The number of carbonyl (C=O) groups is 1. The zero-order valence-corrected chi connectivity index (χ0v) is 12.0. The molecule has 1 aromatic heterocycles. The first-order valence-electron chi connectivity index (χ1n) is 6.47. The molecule has 0 saturated carbocycles. The highest BCUT2D eigenvalue weighted by Gasteiger charge is 2.15. The Morgan fingerprint density at radius 3 is 2.73 bits per heavy atom. The number of nitrogens with zero attached hydrogens (tertiary/aromatic N) is 1. The number of aryl methyl sites for hydroxylation is 1. The van der Waals surface area contributed by atoms with Crippen LogP contribution in [0, 0.1) is 18.6 Å². The van der Waals surface area contributed by atoms with E-state index in [-0.39, 0.29) is 5.69 Å². The molecule has 7 heteroatoms. The van der Waals surface area contributed by atoms with Crippen LogP contribution in [0.4, 0.5) is 14.5 Å². The summed E-state index contributed by atoms with van der Waals surface area (Å²) in [6.45, 7) is 3.26. The molecule has 5 nitrogen and oxygen atoms in total. The number of oxime groups is 1. The van der Waals surface area contributed by atoms with Crippen LogP contribution in [0.25, 0.3) is 0 Å². The van der Waals surface area contributed by atoms with Crippen LogP contribution in [0.1, 0.15) is 18.4 Å². The number of nitrogens with one attached hydrogen (secondary N) is 1. The second-order valence-corrected chi connectivity index (χ2v) is 4.55. The Bertz CT molecular complexity index is 698. The monoisotopic (exact) mass is 308 g/mol. The lowest BCUT2D eigenvalue weighted by Gasteiger charge is -2.10. The summed E-state index contributed by atoms with van der Waals surface area (Å²) < 4.78 is 31.1. The van der Waals surface area contributed by atoms with Crippen molar-refractivity contribution in [2.45, 2.75) is 20.0 Å². The lowest BCUT2D eigenvalue weighted by atomic mass is 10.3. The smallest absolute Gasteiger partial charge is 0.267 e. The van der Waals surface area contributed by atoms with Gasteiger partial charge in [0, 0.05) is 11.8 Å². The van der Waals surface area contributed by atoms with Gasteiger partial charge in [0.25, 0.3) is 5.91 Å². The van der Waals surface area contributed by atoms with Gasteiger partial charge in [-0.05, 0) is 38.1 Å². The van der Waals surface area contributed by atoms with E-state index in [2.05, 4.69) is 10.5 Å². The minimum atomic E-state index is -1.04. The molecule has 1 N–H and O–H groups in total. The number of amides is 1. The van der Waals surface area contributed by atoms with Crippen molar-refractivity contribution in [1.82, 2.24) is 0 Å². The standard InChI is InChI=1S/C15H14F2N2O3/c1-9-3-5-12(21-9)8-18-22-10(2)15(20)19-11-4-6-13(16)14(17)7-11/h3-8,10H,1-2H3,(H,19,20). The van der Waals surface area contributed by atoms with Crippen molar-refractivity contribution in [2.24, 2.45) is 5.16 Å². The normalized spacial score (nSPS) is 12.4. The Morgan fingerprint density at radius 1 is 1.32 bits per heavy atom. The van der Waals surface area contributed by atoms with E-state index in [0.29, 0.717) is 5.76 Å². The number of hydrogen-bond acceptors (Lipinski definition) is 4. The van der Waals surface area contributed by atoms with E-state index < -0.39 is 23.6 Å². The van der Waals surface area contributed by atoms with Gasteiger partial charge in [0.05, 0.1) is 0 Å². The van der Waals surface area contributed by atoms with Crippen LogP contribution in [-0.4, -0.2) is 18.2 Å². The zero-order valence-electron chi connectivity index (χ0n) is 12.0. The van der Waals surface area contributed by atoms with Crippen LogP contribution in [0.15, 0.2) is 39.9 Å². The van der Waals surface area contributed by atoms with E-state index in [9.17, 15) is 13.6 Å². The maximum absolute atomic E-state index is 13.0. The molecule has 2 aromatic rings. The average molecular weight is 308 g/mol. The minimum Gasteiger partial charge on any atom is -0.460 e. The summed E-state index contributed by atoms with van der Waals surface area (Å²) in [5, 5.41) is 6.03. The lowest BCUT2D eigenvalue weighted by Crippen LogP contribution is -2.26. The van der Waals surface area contributed by atoms with Crippen LogP contribution in [0.2, 0.25) is 0 Å². The summed E-state index contributed by atoms with van der Waals surface area (Å²) >= 11 is 0. The number of rotatable bonds is 5. The molecule has 1 unspecified atom stereocenters. The van der Waals surface area contributed by atoms with Gasteiger partial charge in [0.15, 0.2) is 11.6 Å². The highest BCUT2D eigenvalue weighted by Crippen LogP contribution is 2.13. The Labute approximate surface area is 125 Å². The molecule has 2 rings (SSSR count). The van der Waals surface area contributed by atoms with Gasteiger partial charge in [-0.2, -0.15) is 0 Å². The van der Waals surface area contributed by atoms with E-state index in [0.717, 1.165) is 17.9 Å². The van der Waals surface area contributed by atoms with Gasteiger partial charge in [-0.25, -0.2) is 8.78 Å². The van der Waals surface area contributed by atoms with Crippen molar-refractivity contribution in [1.29, 1.82) is 0 Å². The fourth-order valence-electron chi connectivity index (χ4n) is 1.56. The number of benzene rings is 1. The predicted octanol–water partition coefficient (Wildman–Crippen LogP) is 3.24. The van der Waals surface area contributed by atoms with E-state index in [1.54, 1.807) is 19.1 Å². The summed E-state index contributed by atoms with van der Waals surface area (Å²) in [6.07, 6.45) is 0.411. The number of carbonyl (C=O) groups excluding carboxylic acids is 1. The highest BCUT2D eigenvalue weighted by atomic mass is 19.2. The van der Waals surface area contributed by atoms with Crippen LogP contribution < -0.4 is 5.32 Å². The fraction of sp³-hybridized carbons (Fsp3) is 0.200. The third-order valence-electron chi connectivity index (χ3n) is 2.72. The molecule has 0 spiro atoms. The summed E-state index contributed by atoms with van der Waals surface area (Å²) in [7, 11) is 0. The first kappa shape index (κ1) is 15.7. The van der Waals surface area contributed by atoms with Gasteiger partial charge in [-0.15, -0.1) is 0 Å². The molecule has 0 saturated heterocycles. The predicted molar refractivity (Wildman–Crippen MR) is 76.6 cm³/mol. The molecule has 22 heavy (non-hydrogen) atoms. The molecule has 0 aliphatic rings. The number of furan rings is 1. The molecular formula is C15H14F2N2O3. The molecule has 0 bridgehead atoms. The quantitative estimate of drug-likeness (QED) is 0.681. The van der Waals surface area contributed by atoms with Crippen molar-refractivity contribution < 1.29 is 22.8 Å². The Morgan fingerprint density at radius 2 is 2.09 bits per heavy atom. The SMILES string of the molecule is Cc1ccc(C=NOC(C)C(=O)Nc2ccc(F)c(F)c2)o1. The average Bonchev–Trinajstić information content (AvgIpc) is 2.88. The Hall–Kier alpha value is -2.70. The Kier molecular flexibility index (Phi) is 4.88. The topological polar surface area (TPSA) is 63.8 Å². The van der Waals surface area contributed by atoms with Crippen LogP contribution in [0.5, 0.6) is 0 Å². The second-order valence-electron chi connectivity index (χ2n) is 4.55. The molecule has 1 atom stereocenters. The number of hydrogen-bond donors (Lipinski definition) is 1. The van der Waals surface area contributed by atoms with Crippen molar-refractivity contribution >= 4 is 17.8 Å². The van der Waals surface area contributed by atoms with Gasteiger partial charge in [0.2, 0.25) is 6.10 Å². The van der Waals surface area contributed by atoms with Gasteiger partial charge < -0.3 is 14.6 Å². The summed E-state index contributed by atoms with van der Waals surface area (Å²) in [5.41, 5.74) is 0.130. The lowest BCUT2D eigenvalue weighted by molar-refractivity contribution is -0.126. The van der Waals surface area contributed by atoms with Crippen molar-refractivity contribution in [3.05, 3.63) is 53.5 Å². The van der Waals surface area contributed by atoms with E-state index in [1.165, 1.54) is 19.2 Å². The van der Waals surface area contributed by atoms with Crippen LogP contribution >= 0.6 is 0 Å². The third kappa shape index (κ3) is 4.15.